The fraction of sp³-hybridized carbons (Fsp3) is 0.694. The van der Waals surface area contributed by atoms with Crippen LogP contribution >= 0.6 is 11.7 Å². The summed E-state index contributed by atoms with van der Waals surface area (Å²) < 4.78 is 27.3. The van der Waals surface area contributed by atoms with Gasteiger partial charge in [-0.1, -0.05) is 128 Å². The molecule has 0 spiro atoms. The number of ether oxygens (including phenoxy) is 3. The van der Waals surface area contributed by atoms with Crippen LogP contribution in [0.5, 0.6) is 5.88 Å². The molecule has 0 radical (unpaired) electrons. The third-order valence-corrected chi connectivity index (χ3v) is 9.15. The summed E-state index contributed by atoms with van der Waals surface area (Å²) in [6.07, 6.45) is 21.9. The van der Waals surface area contributed by atoms with Crippen LogP contribution in [0.1, 0.15) is 140 Å². The van der Waals surface area contributed by atoms with Gasteiger partial charge in [0, 0.05) is 12.0 Å². The van der Waals surface area contributed by atoms with E-state index < -0.39 is 12.4 Å². The first-order chi connectivity index (χ1) is 21.6. The third kappa shape index (κ3) is 12.9. The molecule has 2 unspecified atom stereocenters. The van der Waals surface area contributed by atoms with Crippen LogP contribution < -0.4 is 4.74 Å². The zero-order chi connectivity index (χ0) is 31.3. The normalized spacial score (nSPS) is 17.2. The average Bonchev–Trinajstić information content (AvgIpc) is 3.51. The van der Waals surface area contributed by atoms with Crippen LogP contribution in [0.2, 0.25) is 0 Å². The summed E-state index contributed by atoms with van der Waals surface area (Å²) in [5.74, 6) is 0.616. The van der Waals surface area contributed by atoms with Crippen molar-refractivity contribution < 1.29 is 23.5 Å². The van der Waals surface area contributed by atoms with Crippen molar-refractivity contribution in [2.24, 2.45) is 0 Å². The van der Waals surface area contributed by atoms with Gasteiger partial charge in [-0.05, 0) is 25.0 Å². The van der Waals surface area contributed by atoms with Crippen LogP contribution in [-0.2, 0) is 9.47 Å². The largest absolute Gasteiger partial charge is 0.513 e. The molecular formula is C36H58N3O4S+. The number of carbonyl (C=O) groups is 1. The maximum Gasteiger partial charge on any atom is 0.513 e. The highest BCUT2D eigenvalue weighted by atomic mass is 32.1. The first-order valence-corrected chi connectivity index (χ1v) is 18.2. The van der Waals surface area contributed by atoms with Gasteiger partial charge in [0.05, 0.1) is 44.1 Å². The lowest BCUT2D eigenvalue weighted by Gasteiger charge is -2.42. The van der Waals surface area contributed by atoms with Crippen molar-refractivity contribution in [1.29, 1.82) is 0 Å². The van der Waals surface area contributed by atoms with Gasteiger partial charge >= 0.3 is 6.16 Å². The predicted molar refractivity (Wildman–Crippen MR) is 181 cm³/mol. The van der Waals surface area contributed by atoms with E-state index in [2.05, 4.69) is 35.7 Å². The molecule has 0 fully saturated rings. The van der Waals surface area contributed by atoms with Gasteiger partial charge < -0.3 is 14.2 Å². The van der Waals surface area contributed by atoms with E-state index in [1.54, 1.807) is 0 Å². The molecule has 0 saturated heterocycles. The van der Waals surface area contributed by atoms with E-state index >= 15 is 0 Å². The molecule has 1 aliphatic rings. The molecule has 1 aromatic heterocycles. The fourth-order valence-corrected chi connectivity index (χ4v) is 6.53. The Morgan fingerprint density at radius 1 is 0.818 bits per heavy atom. The molecule has 8 heteroatoms. The number of aromatic nitrogens is 2. The molecule has 0 saturated carbocycles. The topological polar surface area (TPSA) is 70.5 Å². The van der Waals surface area contributed by atoms with E-state index in [9.17, 15) is 4.79 Å². The molecule has 44 heavy (non-hydrogen) atoms. The number of hydrogen-bond donors (Lipinski definition) is 0. The minimum absolute atomic E-state index is 0.399. The smallest absolute Gasteiger partial charge is 0.475 e. The molecule has 1 aromatic carbocycles. The Bertz CT molecular complexity index is 1080. The molecule has 0 amide bonds. The lowest BCUT2D eigenvalue weighted by molar-refractivity contribution is -0.953. The summed E-state index contributed by atoms with van der Waals surface area (Å²) in [4.78, 5) is 13.0. The molecule has 246 valence electrons. The molecule has 0 bridgehead atoms. The second kappa shape index (κ2) is 21.3. The quantitative estimate of drug-likeness (QED) is 0.0693. The summed E-state index contributed by atoms with van der Waals surface area (Å²) in [6.45, 7) is 7.02. The maximum absolute atomic E-state index is 13.0. The Labute approximate surface area is 271 Å². The highest BCUT2D eigenvalue weighted by Gasteiger charge is 2.41. The number of nitrogens with zero attached hydrogens (tertiary/aromatic N) is 3. The molecule has 0 aliphatic carbocycles. The highest BCUT2D eigenvalue weighted by Crippen LogP contribution is 2.37. The van der Waals surface area contributed by atoms with Crippen molar-refractivity contribution >= 4 is 23.5 Å². The van der Waals surface area contributed by atoms with Gasteiger partial charge in [0.25, 0.3) is 12.1 Å². The molecule has 3 rings (SSSR count). The summed E-state index contributed by atoms with van der Waals surface area (Å²) in [5.41, 5.74) is 2.86. The van der Waals surface area contributed by atoms with Gasteiger partial charge in [-0.2, -0.15) is 4.37 Å². The van der Waals surface area contributed by atoms with Gasteiger partial charge in [-0.25, -0.2) is 4.79 Å². The van der Waals surface area contributed by atoms with Crippen LogP contribution in [0.15, 0.2) is 36.4 Å². The van der Waals surface area contributed by atoms with Crippen LogP contribution in [0.4, 0.5) is 4.79 Å². The number of hydrogen-bond acceptors (Lipinski definition) is 7. The van der Waals surface area contributed by atoms with E-state index in [-0.39, 0.29) is 0 Å². The first-order valence-electron chi connectivity index (χ1n) is 17.4. The molecule has 1 aliphatic heterocycles. The Morgan fingerprint density at radius 3 is 2.07 bits per heavy atom. The van der Waals surface area contributed by atoms with Gasteiger partial charge in [0.2, 0.25) is 0 Å². The second-order valence-corrected chi connectivity index (χ2v) is 13.1. The Morgan fingerprint density at radius 2 is 1.41 bits per heavy atom. The number of carbonyl (C=O) groups excluding carboxylic acids is 1. The van der Waals surface area contributed by atoms with Gasteiger partial charge in [0.15, 0.2) is 0 Å². The van der Waals surface area contributed by atoms with Crippen LogP contribution in [0, 0.1) is 0 Å². The second-order valence-electron chi connectivity index (χ2n) is 12.6. The average molecular weight is 629 g/mol. The van der Waals surface area contributed by atoms with E-state index in [4.69, 9.17) is 14.2 Å². The van der Waals surface area contributed by atoms with E-state index in [0.717, 1.165) is 55.5 Å². The molecule has 2 atom stereocenters. The maximum atomic E-state index is 13.0. The van der Waals surface area contributed by atoms with Crippen molar-refractivity contribution in [3.05, 3.63) is 47.7 Å². The Kier molecular flexibility index (Phi) is 17.5. The monoisotopic (exact) mass is 628 g/mol. The number of benzene rings is 1. The standard InChI is InChI=1S/C36H58N3O4S/c1-4-6-8-10-11-12-13-14-15-16-17-22-29-42-36(40)43-35(31-24-19-18-20-25-31)39(3)27-23-26-32(30-39)33-34(38-44-37-33)41-28-21-9-7-5-2/h18-20,24-26,35H,4-17,21-23,27-30H2,1-3H3/q+1. The third-order valence-electron chi connectivity index (χ3n) is 8.64. The summed E-state index contributed by atoms with van der Waals surface area (Å²) in [6, 6.07) is 10.0. The molecule has 7 nitrogen and oxygen atoms in total. The van der Waals surface area contributed by atoms with Crippen molar-refractivity contribution in [2.45, 2.75) is 129 Å². The SMILES string of the molecule is CCCCCCCCCCCCCCOC(=O)OC(c1ccccc1)[N+]1(C)CCC=C(c2nsnc2OCCCCCC)C1. The molecular weight excluding hydrogens is 570 g/mol. The summed E-state index contributed by atoms with van der Waals surface area (Å²) in [7, 11) is 2.15. The van der Waals surface area contributed by atoms with Crippen molar-refractivity contribution in [2.75, 3.05) is 33.4 Å². The molecule has 2 heterocycles. The Hall–Kier alpha value is -2.45. The van der Waals surface area contributed by atoms with E-state index in [1.807, 2.05) is 30.3 Å². The number of likely N-dealkylation sites (N-methyl/N-ethyl adjacent to an activating group) is 1. The van der Waals surface area contributed by atoms with Gasteiger partial charge in [-0.15, -0.1) is 4.37 Å². The molecule has 0 N–H and O–H groups in total. The first kappa shape index (κ1) is 36.0. The van der Waals surface area contributed by atoms with Crippen LogP contribution in [0.25, 0.3) is 5.57 Å². The van der Waals surface area contributed by atoms with Crippen LogP contribution in [-0.4, -0.2) is 52.7 Å². The van der Waals surface area contributed by atoms with Crippen molar-refractivity contribution in [3.63, 3.8) is 0 Å². The highest BCUT2D eigenvalue weighted by molar-refractivity contribution is 6.99. The minimum Gasteiger partial charge on any atom is -0.475 e. The number of quaternary nitrogens is 1. The molecule has 2 aromatic rings. The lowest BCUT2D eigenvalue weighted by Crippen LogP contribution is -2.51. The lowest BCUT2D eigenvalue weighted by atomic mass is 10.0. The zero-order valence-corrected chi connectivity index (χ0v) is 28.6. The minimum atomic E-state index is -0.594. The van der Waals surface area contributed by atoms with Gasteiger partial charge in [0.1, 0.15) is 12.2 Å². The predicted octanol–water partition coefficient (Wildman–Crippen LogP) is 10.3. The van der Waals surface area contributed by atoms with Crippen molar-refractivity contribution in [3.8, 4) is 5.88 Å². The number of unbranched alkanes of at least 4 members (excludes halogenated alkanes) is 14. The Balaban J connectivity index is 1.46. The van der Waals surface area contributed by atoms with Crippen molar-refractivity contribution in [1.82, 2.24) is 8.75 Å². The van der Waals surface area contributed by atoms with Crippen LogP contribution in [0.3, 0.4) is 0 Å². The fourth-order valence-electron chi connectivity index (χ4n) is 6.00. The zero-order valence-electron chi connectivity index (χ0n) is 27.8. The van der Waals surface area contributed by atoms with Gasteiger partial charge in [-0.3, -0.25) is 4.48 Å². The summed E-state index contributed by atoms with van der Waals surface area (Å²) in [5, 5.41) is 0. The van der Waals surface area contributed by atoms with E-state index in [1.165, 1.54) is 88.8 Å². The van der Waals surface area contributed by atoms with E-state index in [0.29, 0.717) is 30.1 Å². The number of rotatable bonds is 23. The summed E-state index contributed by atoms with van der Waals surface area (Å²) >= 11 is 1.19.